The highest BCUT2D eigenvalue weighted by atomic mass is 16.5. The quantitative estimate of drug-likeness (QED) is 0.484. The third kappa shape index (κ3) is 5.76. The number of carbonyl (C=O) groups excluding carboxylic acids is 2. The first-order valence-electron chi connectivity index (χ1n) is 12.3. The van der Waals surface area contributed by atoms with Gasteiger partial charge in [0, 0.05) is 39.0 Å². The Bertz CT molecular complexity index is 1120. The minimum atomic E-state index is -0.144. The molecule has 0 aliphatic carbocycles. The lowest BCUT2D eigenvalue weighted by molar-refractivity contribution is -0.131. The molecular weight excluding hydrogens is 428 g/mol. The first-order chi connectivity index (χ1) is 16.7. The zero-order valence-electron chi connectivity index (χ0n) is 20.0. The number of hydrogen-bond donors (Lipinski definition) is 1. The van der Waals surface area contributed by atoms with Gasteiger partial charge in [-0.15, -0.1) is 0 Å². The monoisotopic (exact) mass is 462 g/mol. The molecule has 34 heavy (non-hydrogen) atoms. The Hall–Kier alpha value is -3.35. The smallest absolute Gasteiger partial charge is 0.255 e. The third-order valence-corrected chi connectivity index (χ3v) is 6.46. The zero-order valence-corrected chi connectivity index (χ0v) is 20.0. The maximum Gasteiger partial charge on any atom is 0.255 e. The Morgan fingerprint density at radius 3 is 2.53 bits per heavy atom. The Balaban J connectivity index is 1.37. The molecule has 1 aliphatic rings. The van der Waals surface area contributed by atoms with E-state index in [4.69, 9.17) is 9.72 Å². The Kier molecular flexibility index (Phi) is 8.17. The van der Waals surface area contributed by atoms with E-state index in [1.54, 1.807) is 19.2 Å². The predicted molar refractivity (Wildman–Crippen MR) is 133 cm³/mol. The number of para-hydroxylation sites is 3. The van der Waals surface area contributed by atoms with Crippen LogP contribution >= 0.6 is 0 Å². The topological polar surface area (TPSA) is 76.5 Å². The second kappa shape index (κ2) is 11.7. The van der Waals surface area contributed by atoms with Crippen molar-refractivity contribution in [3.63, 3.8) is 0 Å². The molecule has 0 radical (unpaired) electrons. The van der Waals surface area contributed by atoms with Gasteiger partial charge in [-0.05, 0) is 43.5 Å². The fourth-order valence-electron chi connectivity index (χ4n) is 4.63. The highest BCUT2D eigenvalue weighted by Gasteiger charge is 2.17. The normalized spacial score (nSPS) is 14.1. The van der Waals surface area contributed by atoms with Crippen molar-refractivity contribution < 1.29 is 14.3 Å². The lowest BCUT2D eigenvalue weighted by Gasteiger charge is -2.20. The number of likely N-dealkylation sites (tertiary alicyclic amines) is 1. The van der Waals surface area contributed by atoms with E-state index in [0.29, 0.717) is 30.8 Å². The van der Waals surface area contributed by atoms with Gasteiger partial charge in [0.25, 0.3) is 5.91 Å². The van der Waals surface area contributed by atoms with Crippen LogP contribution in [0.1, 0.15) is 54.7 Å². The van der Waals surface area contributed by atoms with Crippen LogP contribution in [0.5, 0.6) is 5.75 Å². The SMILES string of the molecule is COc1ccccc1C(=O)NCCCc1nc2ccccc2n1CCC(=O)N1CCCCCC1. The minimum absolute atomic E-state index is 0.144. The number of carbonyl (C=O) groups is 2. The van der Waals surface area contributed by atoms with Crippen molar-refractivity contribution in [3.8, 4) is 5.75 Å². The Labute approximate surface area is 201 Å². The van der Waals surface area contributed by atoms with Gasteiger partial charge in [-0.2, -0.15) is 0 Å². The number of hydrogen-bond acceptors (Lipinski definition) is 4. The number of nitrogens with zero attached hydrogens (tertiary/aromatic N) is 3. The molecule has 0 unspecified atom stereocenters. The van der Waals surface area contributed by atoms with Crippen molar-refractivity contribution in [2.45, 2.75) is 51.5 Å². The second-order valence-corrected chi connectivity index (χ2v) is 8.77. The molecule has 2 aromatic carbocycles. The molecule has 1 fully saturated rings. The van der Waals surface area contributed by atoms with Crippen molar-refractivity contribution in [1.29, 1.82) is 0 Å². The van der Waals surface area contributed by atoms with E-state index < -0.39 is 0 Å². The Morgan fingerprint density at radius 1 is 1.00 bits per heavy atom. The van der Waals surface area contributed by atoms with Gasteiger partial charge < -0.3 is 19.5 Å². The van der Waals surface area contributed by atoms with Crippen molar-refractivity contribution >= 4 is 22.8 Å². The summed E-state index contributed by atoms with van der Waals surface area (Å²) in [6.45, 7) is 2.91. The number of aromatic nitrogens is 2. The zero-order chi connectivity index (χ0) is 23.8. The van der Waals surface area contributed by atoms with E-state index in [2.05, 4.69) is 16.0 Å². The molecule has 0 spiro atoms. The third-order valence-electron chi connectivity index (χ3n) is 6.46. The van der Waals surface area contributed by atoms with Gasteiger partial charge in [-0.25, -0.2) is 4.98 Å². The molecule has 1 aliphatic heterocycles. The van der Waals surface area contributed by atoms with Crippen LogP contribution in [0.2, 0.25) is 0 Å². The van der Waals surface area contributed by atoms with Gasteiger partial charge in [0.2, 0.25) is 5.91 Å². The number of ether oxygens (including phenoxy) is 1. The molecule has 2 heterocycles. The summed E-state index contributed by atoms with van der Waals surface area (Å²) in [7, 11) is 1.56. The maximum atomic E-state index is 12.9. The Morgan fingerprint density at radius 2 is 1.74 bits per heavy atom. The van der Waals surface area contributed by atoms with E-state index in [0.717, 1.165) is 55.6 Å². The molecule has 4 rings (SSSR count). The summed E-state index contributed by atoms with van der Waals surface area (Å²) in [6.07, 6.45) is 6.60. The molecule has 3 aromatic rings. The highest BCUT2D eigenvalue weighted by Crippen LogP contribution is 2.19. The molecule has 0 saturated carbocycles. The predicted octanol–water partition coefficient (Wildman–Crippen LogP) is 4.20. The number of fused-ring (bicyclic) bond motifs is 1. The van der Waals surface area contributed by atoms with Crippen molar-refractivity contribution in [3.05, 3.63) is 59.9 Å². The molecule has 7 nitrogen and oxygen atoms in total. The van der Waals surface area contributed by atoms with Gasteiger partial charge in [0.15, 0.2) is 0 Å². The number of aryl methyl sites for hydroxylation is 2. The standard InChI is InChI=1S/C27H34N4O3/c1-34-24-14-7-4-11-21(24)27(33)28-17-10-15-25-29-22-12-5-6-13-23(22)31(25)20-16-26(32)30-18-8-2-3-9-19-30/h4-7,11-14H,2-3,8-10,15-20H2,1H3,(H,28,33). The fraction of sp³-hybridized carbons (Fsp3) is 0.444. The number of nitrogens with one attached hydrogen (secondary N) is 1. The molecule has 1 aromatic heterocycles. The van der Waals surface area contributed by atoms with Crippen LogP contribution in [-0.2, 0) is 17.8 Å². The summed E-state index contributed by atoms with van der Waals surface area (Å²) in [5.41, 5.74) is 2.53. The number of methoxy groups -OCH3 is 1. The fourth-order valence-corrected chi connectivity index (χ4v) is 4.63. The summed E-state index contributed by atoms with van der Waals surface area (Å²) in [4.78, 5) is 32.2. The second-order valence-electron chi connectivity index (χ2n) is 8.77. The van der Waals surface area contributed by atoms with Crippen LogP contribution in [0.15, 0.2) is 48.5 Å². The van der Waals surface area contributed by atoms with Crippen LogP contribution < -0.4 is 10.1 Å². The van der Waals surface area contributed by atoms with Crippen LogP contribution in [-0.4, -0.2) is 53.0 Å². The average molecular weight is 463 g/mol. The number of rotatable bonds is 9. The molecule has 0 atom stereocenters. The molecule has 180 valence electrons. The summed E-state index contributed by atoms with van der Waals surface area (Å²) < 4.78 is 7.46. The van der Waals surface area contributed by atoms with Gasteiger partial charge in [-0.1, -0.05) is 37.1 Å². The van der Waals surface area contributed by atoms with Gasteiger partial charge >= 0.3 is 0 Å². The van der Waals surface area contributed by atoms with E-state index >= 15 is 0 Å². The maximum absolute atomic E-state index is 12.9. The summed E-state index contributed by atoms with van der Waals surface area (Å²) in [5, 5.41) is 2.98. The molecule has 2 amide bonds. The van der Waals surface area contributed by atoms with Gasteiger partial charge in [0.05, 0.1) is 23.7 Å². The van der Waals surface area contributed by atoms with Crippen molar-refractivity contribution in [2.24, 2.45) is 0 Å². The van der Waals surface area contributed by atoms with Crippen molar-refractivity contribution in [2.75, 3.05) is 26.7 Å². The largest absolute Gasteiger partial charge is 0.496 e. The van der Waals surface area contributed by atoms with Crippen LogP contribution in [0, 0.1) is 0 Å². The van der Waals surface area contributed by atoms with E-state index in [1.807, 2.05) is 35.2 Å². The molecule has 1 saturated heterocycles. The first kappa shape index (κ1) is 23.8. The van der Waals surface area contributed by atoms with E-state index in [-0.39, 0.29) is 11.8 Å². The van der Waals surface area contributed by atoms with Crippen LogP contribution in [0.3, 0.4) is 0 Å². The summed E-state index contributed by atoms with van der Waals surface area (Å²) in [5.74, 6) is 1.61. The molecule has 7 heteroatoms. The molecule has 1 N–H and O–H groups in total. The first-order valence-corrected chi connectivity index (χ1v) is 12.3. The number of benzene rings is 2. The van der Waals surface area contributed by atoms with Crippen LogP contribution in [0.25, 0.3) is 11.0 Å². The van der Waals surface area contributed by atoms with Crippen molar-refractivity contribution in [1.82, 2.24) is 19.8 Å². The lowest BCUT2D eigenvalue weighted by atomic mass is 10.2. The summed E-state index contributed by atoms with van der Waals surface area (Å²) in [6, 6.07) is 15.3. The van der Waals surface area contributed by atoms with E-state index in [1.165, 1.54) is 12.8 Å². The van der Waals surface area contributed by atoms with Gasteiger partial charge in [-0.3, -0.25) is 9.59 Å². The highest BCUT2D eigenvalue weighted by molar-refractivity contribution is 5.96. The van der Waals surface area contributed by atoms with Gasteiger partial charge in [0.1, 0.15) is 11.6 Å². The minimum Gasteiger partial charge on any atom is -0.496 e. The average Bonchev–Trinajstić information content (AvgIpc) is 3.02. The summed E-state index contributed by atoms with van der Waals surface area (Å²) >= 11 is 0. The number of amides is 2. The van der Waals surface area contributed by atoms with E-state index in [9.17, 15) is 9.59 Å². The van der Waals surface area contributed by atoms with Crippen LogP contribution in [0.4, 0.5) is 0 Å². The lowest BCUT2D eigenvalue weighted by Crippen LogP contribution is -2.32. The number of imidazole rings is 1. The molecular formula is C27H34N4O3. The molecule has 0 bridgehead atoms.